The molecule has 0 aliphatic heterocycles. The number of esters is 1. The quantitative estimate of drug-likeness (QED) is 0.516. The Kier molecular flexibility index (Phi) is 5.24. The minimum Gasteiger partial charge on any atom is -0.469 e. The molecule has 0 radical (unpaired) electrons. The molecule has 0 saturated heterocycles. The lowest BCUT2D eigenvalue weighted by atomic mass is 9.86. The molecule has 0 aromatic carbocycles. The average molecular weight is 217 g/mol. The largest absolute Gasteiger partial charge is 0.469 e. The van der Waals surface area contributed by atoms with E-state index in [-0.39, 0.29) is 11.5 Å². The van der Waals surface area contributed by atoms with Crippen LogP contribution in [0.4, 0.5) is 0 Å². The lowest BCUT2D eigenvalue weighted by molar-refractivity contribution is -0.140. The molecule has 0 saturated carbocycles. The number of carbonyl (C=O) groups is 1. The predicted molar refractivity (Wildman–Crippen MR) is 59.6 cm³/mol. The Hall–Kier alpha value is -0.610. The number of hydrogen-bond acceptors (Lipinski definition) is 4. The standard InChI is InChI=1S/C11H23NO3/c1-10(2,11(3,4)14)12-8-6-7-9(13)15-5/h12,14H,6-8H2,1-5H3. The minimum absolute atomic E-state index is 0.196. The summed E-state index contributed by atoms with van der Waals surface area (Å²) >= 11 is 0. The van der Waals surface area contributed by atoms with Crippen LogP contribution in [0.3, 0.4) is 0 Å². The SMILES string of the molecule is COC(=O)CCCNC(C)(C)C(C)(C)O. The Bertz CT molecular complexity index is 206. The van der Waals surface area contributed by atoms with Crippen molar-refractivity contribution in [2.75, 3.05) is 13.7 Å². The van der Waals surface area contributed by atoms with Crippen molar-refractivity contribution >= 4 is 5.97 Å². The van der Waals surface area contributed by atoms with E-state index in [1.54, 1.807) is 13.8 Å². The van der Waals surface area contributed by atoms with E-state index in [1.807, 2.05) is 13.8 Å². The molecular formula is C11H23NO3. The van der Waals surface area contributed by atoms with Gasteiger partial charge in [-0.3, -0.25) is 4.79 Å². The molecule has 90 valence electrons. The van der Waals surface area contributed by atoms with E-state index in [0.29, 0.717) is 19.4 Å². The molecule has 0 atom stereocenters. The maximum Gasteiger partial charge on any atom is 0.305 e. The lowest BCUT2D eigenvalue weighted by Gasteiger charge is -2.38. The molecule has 0 spiro atoms. The molecule has 0 fully saturated rings. The fraction of sp³-hybridized carbons (Fsp3) is 0.909. The molecule has 0 aliphatic carbocycles. The zero-order chi connectivity index (χ0) is 12.1. The zero-order valence-electron chi connectivity index (χ0n) is 10.4. The maximum atomic E-state index is 10.8. The molecule has 4 nitrogen and oxygen atoms in total. The van der Waals surface area contributed by atoms with Gasteiger partial charge in [-0.1, -0.05) is 0 Å². The van der Waals surface area contributed by atoms with Crippen LogP contribution in [0.2, 0.25) is 0 Å². The second-order valence-electron chi connectivity index (χ2n) is 4.79. The molecule has 4 heteroatoms. The predicted octanol–water partition coefficient (Wildman–Crippen LogP) is 1.08. The van der Waals surface area contributed by atoms with Crippen molar-refractivity contribution in [2.24, 2.45) is 0 Å². The molecule has 0 rings (SSSR count). The van der Waals surface area contributed by atoms with Gasteiger partial charge in [0.2, 0.25) is 0 Å². The first-order chi connectivity index (χ1) is 6.70. The first kappa shape index (κ1) is 14.4. The number of hydrogen-bond donors (Lipinski definition) is 2. The van der Waals surface area contributed by atoms with Gasteiger partial charge in [0.1, 0.15) is 0 Å². The van der Waals surface area contributed by atoms with Gasteiger partial charge < -0.3 is 15.2 Å². The fourth-order valence-corrected chi connectivity index (χ4v) is 0.952. The Labute approximate surface area is 92.0 Å². The highest BCUT2D eigenvalue weighted by Crippen LogP contribution is 2.20. The number of aliphatic hydroxyl groups is 1. The number of nitrogens with one attached hydrogen (secondary N) is 1. The second-order valence-corrected chi connectivity index (χ2v) is 4.79. The van der Waals surface area contributed by atoms with Crippen LogP contribution in [0.25, 0.3) is 0 Å². The lowest BCUT2D eigenvalue weighted by Crippen LogP contribution is -2.56. The van der Waals surface area contributed by atoms with Gasteiger partial charge in [-0.2, -0.15) is 0 Å². The smallest absolute Gasteiger partial charge is 0.305 e. The van der Waals surface area contributed by atoms with Crippen molar-refractivity contribution in [1.29, 1.82) is 0 Å². The van der Waals surface area contributed by atoms with Crippen LogP contribution in [0.5, 0.6) is 0 Å². The van der Waals surface area contributed by atoms with Crippen LogP contribution in [0.1, 0.15) is 40.5 Å². The number of methoxy groups -OCH3 is 1. The molecule has 0 aromatic rings. The van der Waals surface area contributed by atoms with Gasteiger partial charge in [0.05, 0.1) is 12.7 Å². The molecule has 2 N–H and O–H groups in total. The average Bonchev–Trinajstić information content (AvgIpc) is 2.10. The van der Waals surface area contributed by atoms with Gasteiger partial charge >= 0.3 is 5.97 Å². The Balaban J connectivity index is 3.82. The third-order valence-corrected chi connectivity index (χ3v) is 2.88. The van der Waals surface area contributed by atoms with Crippen LogP contribution in [-0.4, -0.2) is 35.9 Å². The fourth-order valence-electron chi connectivity index (χ4n) is 0.952. The maximum absolute atomic E-state index is 10.8. The summed E-state index contributed by atoms with van der Waals surface area (Å²) in [6, 6.07) is 0. The number of ether oxygens (including phenoxy) is 1. The summed E-state index contributed by atoms with van der Waals surface area (Å²) in [7, 11) is 1.39. The van der Waals surface area contributed by atoms with E-state index < -0.39 is 5.60 Å². The van der Waals surface area contributed by atoms with E-state index in [9.17, 15) is 9.90 Å². The van der Waals surface area contributed by atoms with Gasteiger partial charge in [-0.05, 0) is 40.7 Å². The Morgan fingerprint density at radius 2 is 1.87 bits per heavy atom. The topological polar surface area (TPSA) is 58.6 Å². The minimum atomic E-state index is -0.793. The third kappa shape index (κ3) is 5.14. The van der Waals surface area contributed by atoms with E-state index in [1.165, 1.54) is 7.11 Å². The van der Waals surface area contributed by atoms with Crippen molar-refractivity contribution in [3.63, 3.8) is 0 Å². The molecule has 0 bridgehead atoms. The van der Waals surface area contributed by atoms with Crippen LogP contribution in [0, 0.1) is 0 Å². The highest BCUT2D eigenvalue weighted by atomic mass is 16.5. The van der Waals surface area contributed by atoms with Crippen LogP contribution >= 0.6 is 0 Å². The normalized spacial score (nSPS) is 12.7. The van der Waals surface area contributed by atoms with Crippen LogP contribution in [0.15, 0.2) is 0 Å². The van der Waals surface area contributed by atoms with Gasteiger partial charge in [0, 0.05) is 12.0 Å². The van der Waals surface area contributed by atoms with E-state index in [0.717, 1.165) is 0 Å². The van der Waals surface area contributed by atoms with Gasteiger partial charge in [0.25, 0.3) is 0 Å². The van der Waals surface area contributed by atoms with E-state index >= 15 is 0 Å². The van der Waals surface area contributed by atoms with E-state index in [2.05, 4.69) is 10.1 Å². The van der Waals surface area contributed by atoms with Gasteiger partial charge in [-0.15, -0.1) is 0 Å². The highest BCUT2D eigenvalue weighted by molar-refractivity contribution is 5.69. The zero-order valence-corrected chi connectivity index (χ0v) is 10.4. The Morgan fingerprint density at radius 3 is 2.27 bits per heavy atom. The van der Waals surface area contributed by atoms with Crippen molar-refractivity contribution in [3.8, 4) is 0 Å². The van der Waals surface area contributed by atoms with Gasteiger partial charge in [0.15, 0.2) is 0 Å². The molecule has 0 unspecified atom stereocenters. The molecular weight excluding hydrogens is 194 g/mol. The monoisotopic (exact) mass is 217 g/mol. The molecule has 0 aromatic heterocycles. The van der Waals surface area contributed by atoms with Crippen molar-refractivity contribution in [2.45, 2.75) is 51.7 Å². The van der Waals surface area contributed by atoms with E-state index in [4.69, 9.17) is 0 Å². The summed E-state index contributed by atoms with van der Waals surface area (Å²) in [5, 5.41) is 13.1. The molecule has 0 aliphatic rings. The molecule has 0 amide bonds. The molecule has 0 heterocycles. The summed E-state index contributed by atoms with van der Waals surface area (Å²) in [5.41, 5.74) is -1.17. The first-order valence-electron chi connectivity index (χ1n) is 5.25. The van der Waals surface area contributed by atoms with Crippen molar-refractivity contribution in [3.05, 3.63) is 0 Å². The third-order valence-electron chi connectivity index (χ3n) is 2.88. The highest BCUT2D eigenvalue weighted by Gasteiger charge is 2.33. The number of rotatable bonds is 6. The second kappa shape index (κ2) is 5.47. The summed E-state index contributed by atoms with van der Waals surface area (Å²) in [4.78, 5) is 10.8. The van der Waals surface area contributed by atoms with Crippen molar-refractivity contribution in [1.82, 2.24) is 5.32 Å². The summed E-state index contributed by atoms with van der Waals surface area (Å²) in [6.07, 6.45) is 1.12. The summed E-state index contributed by atoms with van der Waals surface area (Å²) in [5.74, 6) is -0.196. The first-order valence-corrected chi connectivity index (χ1v) is 5.25. The van der Waals surface area contributed by atoms with Gasteiger partial charge in [-0.25, -0.2) is 0 Å². The van der Waals surface area contributed by atoms with Crippen LogP contribution < -0.4 is 5.32 Å². The van der Waals surface area contributed by atoms with Crippen molar-refractivity contribution < 1.29 is 14.6 Å². The summed E-state index contributed by atoms with van der Waals surface area (Å²) < 4.78 is 4.53. The Morgan fingerprint density at radius 1 is 1.33 bits per heavy atom. The van der Waals surface area contributed by atoms with Crippen LogP contribution in [-0.2, 0) is 9.53 Å². The number of carbonyl (C=O) groups excluding carboxylic acids is 1. The molecule has 15 heavy (non-hydrogen) atoms. The summed E-state index contributed by atoms with van der Waals surface area (Å²) in [6.45, 7) is 8.09.